The predicted molar refractivity (Wildman–Crippen MR) is 73.5 cm³/mol. The van der Waals surface area contributed by atoms with Crippen LogP contribution in [0.3, 0.4) is 0 Å². The molecule has 1 N–H and O–H groups in total. The van der Waals surface area contributed by atoms with Crippen molar-refractivity contribution in [1.82, 2.24) is 15.1 Å². The molecule has 0 spiro atoms. The van der Waals surface area contributed by atoms with E-state index in [1.807, 2.05) is 13.8 Å². The molecule has 2 fully saturated rings. The van der Waals surface area contributed by atoms with Gasteiger partial charge in [0.1, 0.15) is 0 Å². The molecular formula is C14H27N3O. The number of rotatable bonds is 3. The zero-order valence-corrected chi connectivity index (χ0v) is 11.8. The van der Waals surface area contributed by atoms with Crippen molar-refractivity contribution in [3.63, 3.8) is 0 Å². The monoisotopic (exact) mass is 253 g/mol. The lowest BCUT2D eigenvalue weighted by Crippen LogP contribution is -2.49. The molecule has 4 nitrogen and oxygen atoms in total. The van der Waals surface area contributed by atoms with Gasteiger partial charge in [-0.3, -0.25) is 4.79 Å². The molecule has 18 heavy (non-hydrogen) atoms. The second-order valence-corrected chi connectivity index (χ2v) is 6.00. The molecule has 4 heteroatoms. The van der Waals surface area contributed by atoms with Crippen molar-refractivity contribution in [2.45, 2.75) is 26.7 Å². The van der Waals surface area contributed by atoms with Gasteiger partial charge < -0.3 is 15.1 Å². The Labute approximate surface area is 111 Å². The van der Waals surface area contributed by atoms with Gasteiger partial charge in [0.25, 0.3) is 0 Å². The molecule has 1 amide bonds. The van der Waals surface area contributed by atoms with Crippen LogP contribution in [0, 0.1) is 11.8 Å². The Hall–Kier alpha value is -0.610. The van der Waals surface area contributed by atoms with E-state index >= 15 is 0 Å². The highest BCUT2D eigenvalue weighted by molar-refractivity contribution is 5.78. The normalized spacial score (nSPS) is 26.6. The highest BCUT2D eigenvalue weighted by atomic mass is 16.2. The minimum atomic E-state index is 0.142. The smallest absolute Gasteiger partial charge is 0.225 e. The maximum Gasteiger partial charge on any atom is 0.225 e. The summed E-state index contributed by atoms with van der Waals surface area (Å²) in [4.78, 5) is 16.7. The van der Waals surface area contributed by atoms with Gasteiger partial charge in [-0.15, -0.1) is 0 Å². The Morgan fingerprint density at radius 1 is 1.28 bits per heavy atom. The molecule has 0 aromatic heterocycles. The Kier molecular flexibility index (Phi) is 5.01. The lowest BCUT2D eigenvalue weighted by atomic mass is 9.96. The average molecular weight is 253 g/mol. The SMILES string of the molecule is CC(C)C(=O)N1CCCC(CN2CCNCC2)C1. The van der Waals surface area contributed by atoms with Gasteiger partial charge in [0.15, 0.2) is 0 Å². The van der Waals surface area contributed by atoms with Crippen LogP contribution in [0.25, 0.3) is 0 Å². The van der Waals surface area contributed by atoms with Crippen molar-refractivity contribution in [2.75, 3.05) is 45.8 Å². The van der Waals surface area contributed by atoms with Gasteiger partial charge in [-0.05, 0) is 18.8 Å². The summed E-state index contributed by atoms with van der Waals surface area (Å²) in [6.45, 7) is 11.7. The minimum absolute atomic E-state index is 0.142. The lowest BCUT2D eigenvalue weighted by Gasteiger charge is -2.37. The predicted octanol–water partition coefficient (Wildman–Crippen LogP) is 0.786. The third-order valence-electron chi connectivity index (χ3n) is 4.05. The number of piperidine rings is 1. The number of likely N-dealkylation sites (tertiary alicyclic amines) is 1. The third kappa shape index (κ3) is 3.69. The topological polar surface area (TPSA) is 35.6 Å². The molecule has 104 valence electrons. The number of nitrogens with one attached hydrogen (secondary N) is 1. The standard InChI is InChI=1S/C14H27N3O/c1-12(2)14(18)17-7-3-4-13(11-17)10-16-8-5-15-6-9-16/h12-13,15H,3-11H2,1-2H3. The van der Waals surface area contributed by atoms with Gasteiger partial charge in [0.2, 0.25) is 5.91 Å². The molecule has 2 heterocycles. The summed E-state index contributed by atoms with van der Waals surface area (Å²) < 4.78 is 0. The van der Waals surface area contributed by atoms with Crippen molar-refractivity contribution < 1.29 is 4.79 Å². The van der Waals surface area contributed by atoms with Crippen molar-refractivity contribution in [3.8, 4) is 0 Å². The summed E-state index contributed by atoms with van der Waals surface area (Å²) in [5.74, 6) is 1.16. The van der Waals surface area contributed by atoms with E-state index < -0.39 is 0 Å². The number of amides is 1. The first kappa shape index (κ1) is 13.8. The average Bonchev–Trinajstić information content (AvgIpc) is 2.39. The molecule has 2 rings (SSSR count). The summed E-state index contributed by atoms with van der Waals surface area (Å²) in [7, 11) is 0. The van der Waals surface area contributed by atoms with Crippen molar-refractivity contribution >= 4 is 5.91 Å². The van der Waals surface area contributed by atoms with Crippen molar-refractivity contribution in [3.05, 3.63) is 0 Å². The first-order chi connectivity index (χ1) is 8.66. The largest absolute Gasteiger partial charge is 0.342 e. The van der Waals surface area contributed by atoms with Crippen LogP contribution in [-0.4, -0.2) is 61.5 Å². The third-order valence-corrected chi connectivity index (χ3v) is 4.05. The molecule has 0 aliphatic carbocycles. The van der Waals surface area contributed by atoms with E-state index in [9.17, 15) is 4.79 Å². The second kappa shape index (κ2) is 6.53. The fraction of sp³-hybridized carbons (Fsp3) is 0.929. The van der Waals surface area contributed by atoms with E-state index in [-0.39, 0.29) is 5.92 Å². The molecule has 2 aliphatic heterocycles. The molecule has 0 saturated carbocycles. The summed E-state index contributed by atoms with van der Waals surface area (Å²) in [5, 5.41) is 3.39. The Balaban J connectivity index is 1.80. The molecule has 1 atom stereocenters. The first-order valence-corrected chi connectivity index (χ1v) is 7.38. The fourth-order valence-electron chi connectivity index (χ4n) is 3.04. The highest BCUT2D eigenvalue weighted by Crippen LogP contribution is 2.19. The molecule has 2 aliphatic rings. The van der Waals surface area contributed by atoms with Crippen LogP contribution in [0.5, 0.6) is 0 Å². The molecular weight excluding hydrogens is 226 g/mol. The summed E-state index contributed by atoms with van der Waals surface area (Å²) >= 11 is 0. The van der Waals surface area contributed by atoms with Crippen molar-refractivity contribution in [2.24, 2.45) is 11.8 Å². The highest BCUT2D eigenvalue weighted by Gasteiger charge is 2.26. The number of carbonyl (C=O) groups excluding carboxylic acids is 1. The van der Waals surface area contributed by atoms with Gasteiger partial charge in [0, 0.05) is 51.7 Å². The summed E-state index contributed by atoms with van der Waals surface area (Å²) in [6.07, 6.45) is 2.46. The maximum atomic E-state index is 12.0. The zero-order chi connectivity index (χ0) is 13.0. The van der Waals surface area contributed by atoms with Crippen LogP contribution in [0.1, 0.15) is 26.7 Å². The van der Waals surface area contributed by atoms with Crippen LogP contribution in [0.2, 0.25) is 0 Å². The Bertz CT molecular complexity index is 274. The van der Waals surface area contributed by atoms with Crippen molar-refractivity contribution in [1.29, 1.82) is 0 Å². The van der Waals surface area contributed by atoms with E-state index in [2.05, 4.69) is 15.1 Å². The van der Waals surface area contributed by atoms with E-state index in [1.165, 1.54) is 19.4 Å². The van der Waals surface area contributed by atoms with Gasteiger partial charge in [-0.25, -0.2) is 0 Å². The molecule has 1 unspecified atom stereocenters. The van der Waals surface area contributed by atoms with Gasteiger partial charge in [0.05, 0.1) is 0 Å². The van der Waals surface area contributed by atoms with E-state index in [4.69, 9.17) is 0 Å². The molecule has 0 bridgehead atoms. The molecule has 0 aromatic rings. The number of hydrogen-bond donors (Lipinski definition) is 1. The number of nitrogens with zero attached hydrogens (tertiary/aromatic N) is 2. The Morgan fingerprint density at radius 2 is 2.00 bits per heavy atom. The minimum Gasteiger partial charge on any atom is -0.342 e. The van der Waals surface area contributed by atoms with Crippen LogP contribution in [-0.2, 0) is 4.79 Å². The summed E-state index contributed by atoms with van der Waals surface area (Å²) in [6, 6.07) is 0. The molecule has 0 radical (unpaired) electrons. The van der Waals surface area contributed by atoms with Gasteiger partial charge in [-0.1, -0.05) is 13.8 Å². The number of piperazine rings is 1. The van der Waals surface area contributed by atoms with E-state index in [0.29, 0.717) is 11.8 Å². The Morgan fingerprint density at radius 3 is 2.67 bits per heavy atom. The van der Waals surface area contributed by atoms with E-state index in [1.54, 1.807) is 0 Å². The quantitative estimate of drug-likeness (QED) is 0.807. The lowest BCUT2D eigenvalue weighted by molar-refractivity contribution is -0.136. The van der Waals surface area contributed by atoms with E-state index in [0.717, 1.165) is 39.3 Å². The summed E-state index contributed by atoms with van der Waals surface area (Å²) in [5.41, 5.74) is 0. The van der Waals surface area contributed by atoms with Gasteiger partial charge >= 0.3 is 0 Å². The number of hydrogen-bond acceptors (Lipinski definition) is 3. The molecule has 2 saturated heterocycles. The maximum absolute atomic E-state index is 12.0. The van der Waals surface area contributed by atoms with Crippen LogP contribution in [0.4, 0.5) is 0 Å². The van der Waals surface area contributed by atoms with Crippen LogP contribution < -0.4 is 5.32 Å². The second-order valence-electron chi connectivity index (χ2n) is 6.00. The number of carbonyl (C=O) groups is 1. The van der Waals surface area contributed by atoms with Crippen LogP contribution >= 0.6 is 0 Å². The van der Waals surface area contributed by atoms with Gasteiger partial charge in [-0.2, -0.15) is 0 Å². The molecule has 0 aromatic carbocycles. The fourth-order valence-corrected chi connectivity index (χ4v) is 3.04. The first-order valence-electron chi connectivity index (χ1n) is 7.38. The zero-order valence-electron chi connectivity index (χ0n) is 11.8. The van der Waals surface area contributed by atoms with Crippen LogP contribution in [0.15, 0.2) is 0 Å².